The van der Waals surface area contributed by atoms with Crippen molar-refractivity contribution >= 4 is 23.1 Å². The van der Waals surface area contributed by atoms with Crippen molar-refractivity contribution < 1.29 is 18.3 Å². The van der Waals surface area contributed by atoms with E-state index in [1.807, 2.05) is 0 Å². The zero-order valence-electron chi connectivity index (χ0n) is 14.6. The summed E-state index contributed by atoms with van der Waals surface area (Å²) in [6.45, 7) is 1.62. The Bertz CT molecular complexity index is 995. The smallest absolute Gasteiger partial charge is 0.274 e. The number of aryl methyl sites for hydroxylation is 1. The van der Waals surface area contributed by atoms with Gasteiger partial charge in [-0.05, 0) is 31.2 Å². The molecule has 0 fully saturated rings. The second-order valence-electron chi connectivity index (χ2n) is 5.59. The van der Waals surface area contributed by atoms with Crippen LogP contribution < -0.4 is 15.4 Å². The Morgan fingerprint density at radius 3 is 2.56 bits per heavy atom. The maximum atomic E-state index is 13.4. The van der Waals surface area contributed by atoms with E-state index < -0.39 is 17.5 Å². The number of halogens is 2. The lowest BCUT2D eigenvalue weighted by Gasteiger charge is -2.11. The number of ether oxygens (including phenoxy) is 1. The van der Waals surface area contributed by atoms with Crippen molar-refractivity contribution in [3.63, 3.8) is 0 Å². The molecule has 1 amide bonds. The lowest BCUT2D eigenvalue weighted by atomic mass is 10.2. The number of nitrogens with one attached hydrogen (secondary N) is 2. The van der Waals surface area contributed by atoms with E-state index in [-0.39, 0.29) is 11.5 Å². The van der Waals surface area contributed by atoms with Gasteiger partial charge in [0.25, 0.3) is 5.91 Å². The predicted molar refractivity (Wildman–Crippen MR) is 97.4 cm³/mol. The first-order valence-electron chi connectivity index (χ1n) is 7.98. The maximum Gasteiger partial charge on any atom is 0.274 e. The van der Waals surface area contributed by atoms with Crippen LogP contribution in [0.4, 0.5) is 26.0 Å². The molecule has 0 aliphatic carbocycles. The van der Waals surface area contributed by atoms with Gasteiger partial charge in [0.1, 0.15) is 23.1 Å². The highest BCUT2D eigenvalue weighted by Gasteiger charge is 2.13. The molecule has 0 spiro atoms. The Morgan fingerprint density at radius 1 is 1.04 bits per heavy atom. The van der Waals surface area contributed by atoms with Crippen LogP contribution in [-0.2, 0) is 0 Å². The zero-order chi connectivity index (χ0) is 19.4. The summed E-state index contributed by atoms with van der Waals surface area (Å²) >= 11 is 0. The van der Waals surface area contributed by atoms with Gasteiger partial charge in [-0.25, -0.2) is 18.7 Å². The third-order valence-corrected chi connectivity index (χ3v) is 3.62. The molecule has 2 aromatic carbocycles. The van der Waals surface area contributed by atoms with Crippen molar-refractivity contribution in [2.75, 3.05) is 17.7 Å². The fourth-order valence-electron chi connectivity index (χ4n) is 2.40. The van der Waals surface area contributed by atoms with Crippen LogP contribution in [0.1, 0.15) is 16.3 Å². The Morgan fingerprint density at radius 2 is 1.81 bits per heavy atom. The molecular formula is C19H16F2N4O2. The van der Waals surface area contributed by atoms with E-state index in [9.17, 15) is 13.6 Å². The summed E-state index contributed by atoms with van der Waals surface area (Å²) in [7, 11) is 1.50. The fraction of sp³-hybridized carbons (Fsp3) is 0.105. The summed E-state index contributed by atoms with van der Waals surface area (Å²) in [4.78, 5) is 20.8. The summed E-state index contributed by atoms with van der Waals surface area (Å²) in [6, 6.07) is 11.8. The number of nitrogens with zero attached hydrogens (tertiary/aromatic N) is 2. The summed E-state index contributed by atoms with van der Waals surface area (Å²) in [5.74, 6) is -1.27. The van der Waals surface area contributed by atoms with Gasteiger partial charge in [-0.1, -0.05) is 12.1 Å². The number of carbonyl (C=O) groups excluding carboxylic acids is 1. The molecule has 0 radical (unpaired) electrons. The van der Waals surface area contributed by atoms with Gasteiger partial charge in [0.15, 0.2) is 11.6 Å². The molecule has 0 aliphatic rings. The number of hydrogen-bond acceptors (Lipinski definition) is 5. The van der Waals surface area contributed by atoms with Crippen molar-refractivity contribution in [1.82, 2.24) is 9.97 Å². The van der Waals surface area contributed by atoms with E-state index >= 15 is 0 Å². The van der Waals surface area contributed by atoms with Gasteiger partial charge in [-0.15, -0.1) is 0 Å². The van der Waals surface area contributed by atoms with E-state index in [0.717, 1.165) is 12.1 Å². The van der Waals surface area contributed by atoms with Crippen LogP contribution in [0.2, 0.25) is 0 Å². The normalized spacial score (nSPS) is 10.4. The number of methoxy groups -OCH3 is 1. The average molecular weight is 370 g/mol. The number of carbonyl (C=O) groups is 1. The van der Waals surface area contributed by atoms with Gasteiger partial charge in [0.05, 0.1) is 12.8 Å². The van der Waals surface area contributed by atoms with E-state index in [4.69, 9.17) is 4.74 Å². The summed E-state index contributed by atoms with van der Waals surface area (Å²) in [6.07, 6.45) is 0. The zero-order valence-corrected chi connectivity index (χ0v) is 14.6. The van der Waals surface area contributed by atoms with E-state index in [1.165, 1.54) is 19.2 Å². The molecule has 8 heteroatoms. The highest BCUT2D eigenvalue weighted by Crippen LogP contribution is 2.24. The minimum atomic E-state index is -0.986. The summed E-state index contributed by atoms with van der Waals surface area (Å²) in [5.41, 5.74) is 0.901. The molecular weight excluding hydrogens is 354 g/mol. The summed E-state index contributed by atoms with van der Waals surface area (Å²) in [5, 5.41) is 5.55. The number of aromatic nitrogens is 2. The van der Waals surface area contributed by atoms with Crippen LogP contribution >= 0.6 is 0 Å². The highest BCUT2D eigenvalue weighted by molar-refractivity contribution is 6.04. The number of rotatable bonds is 5. The topological polar surface area (TPSA) is 76.1 Å². The molecule has 3 rings (SSSR count). The predicted octanol–water partition coefficient (Wildman–Crippen LogP) is 4.07. The first-order valence-corrected chi connectivity index (χ1v) is 7.98. The molecule has 0 bridgehead atoms. The number of benzene rings is 2. The molecule has 0 atom stereocenters. The van der Waals surface area contributed by atoms with E-state index in [0.29, 0.717) is 22.9 Å². The lowest BCUT2D eigenvalue weighted by molar-refractivity contribution is 0.102. The Labute approximate surface area is 154 Å². The standard InChI is InChI=1S/C19H16F2N4O2/c1-11-22-16(19(26)25-15-5-3-4-6-17(15)27-2)10-18(23-11)24-12-7-8-13(20)14(21)9-12/h3-10H,1-2H3,(H,25,26)(H,22,23,24). The Kier molecular flexibility index (Phi) is 5.25. The van der Waals surface area contributed by atoms with Gasteiger partial charge < -0.3 is 15.4 Å². The molecule has 1 heterocycles. The molecule has 27 heavy (non-hydrogen) atoms. The van der Waals surface area contributed by atoms with Crippen LogP contribution in [0.5, 0.6) is 5.75 Å². The molecule has 138 valence electrons. The molecule has 0 saturated heterocycles. The summed E-state index contributed by atoms with van der Waals surface area (Å²) < 4.78 is 31.6. The quantitative estimate of drug-likeness (QED) is 0.708. The average Bonchev–Trinajstić information content (AvgIpc) is 2.64. The lowest BCUT2D eigenvalue weighted by Crippen LogP contribution is -2.16. The van der Waals surface area contributed by atoms with Crippen LogP contribution in [0.3, 0.4) is 0 Å². The second-order valence-corrected chi connectivity index (χ2v) is 5.59. The largest absolute Gasteiger partial charge is 0.495 e. The second kappa shape index (κ2) is 7.77. The van der Waals surface area contributed by atoms with E-state index in [1.54, 1.807) is 31.2 Å². The molecule has 1 aromatic heterocycles. The van der Waals surface area contributed by atoms with Crippen molar-refractivity contribution in [3.8, 4) is 5.75 Å². The Hall–Kier alpha value is -3.55. The van der Waals surface area contributed by atoms with Crippen molar-refractivity contribution in [1.29, 1.82) is 0 Å². The SMILES string of the molecule is COc1ccccc1NC(=O)c1cc(Nc2ccc(F)c(F)c2)nc(C)n1. The van der Waals surface area contributed by atoms with Crippen molar-refractivity contribution in [2.45, 2.75) is 6.92 Å². The minimum Gasteiger partial charge on any atom is -0.495 e. The molecule has 6 nitrogen and oxygen atoms in total. The Balaban J connectivity index is 1.84. The van der Waals surface area contributed by atoms with Gasteiger partial charge in [-0.2, -0.15) is 0 Å². The third-order valence-electron chi connectivity index (χ3n) is 3.62. The minimum absolute atomic E-state index is 0.110. The monoisotopic (exact) mass is 370 g/mol. The fourth-order valence-corrected chi connectivity index (χ4v) is 2.40. The van der Waals surface area contributed by atoms with Gasteiger partial charge in [0, 0.05) is 17.8 Å². The van der Waals surface area contributed by atoms with Crippen molar-refractivity contribution in [3.05, 3.63) is 71.7 Å². The molecule has 3 aromatic rings. The van der Waals surface area contributed by atoms with Gasteiger partial charge in [0.2, 0.25) is 0 Å². The van der Waals surface area contributed by atoms with Gasteiger partial charge >= 0.3 is 0 Å². The van der Waals surface area contributed by atoms with Crippen LogP contribution in [0.15, 0.2) is 48.5 Å². The molecule has 2 N–H and O–H groups in total. The first-order chi connectivity index (χ1) is 13.0. The van der Waals surface area contributed by atoms with E-state index in [2.05, 4.69) is 20.6 Å². The van der Waals surface area contributed by atoms with Crippen molar-refractivity contribution in [2.24, 2.45) is 0 Å². The third kappa shape index (κ3) is 4.35. The molecule has 0 aliphatic heterocycles. The van der Waals surface area contributed by atoms with Crippen LogP contribution in [0.25, 0.3) is 0 Å². The highest BCUT2D eigenvalue weighted by atomic mass is 19.2. The van der Waals surface area contributed by atoms with Crippen LogP contribution in [-0.4, -0.2) is 23.0 Å². The number of para-hydroxylation sites is 2. The first kappa shape index (κ1) is 18.2. The molecule has 0 saturated carbocycles. The number of anilines is 3. The van der Waals surface area contributed by atoms with Gasteiger partial charge in [-0.3, -0.25) is 4.79 Å². The maximum absolute atomic E-state index is 13.4. The molecule has 0 unspecified atom stereocenters. The number of amides is 1. The van der Waals surface area contributed by atoms with Crippen LogP contribution in [0, 0.1) is 18.6 Å². The number of hydrogen-bond donors (Lipinski definition) is 2.